The Hall–Kier alpha value is -2.62. The zero-order valence-corrected chi connectivity index (χ0v) is 20.1. The Balaban J connectivity index is 1.31. The van der Waals surface area contributed by atoms with Crippen molar-refractivity contribution in [1.82, 2.24) is 19.7 Å². The van der Waals surface area contributed by atoms with Crippen molar-refractivity contribution in [3.63, 3.8) is 0 Å². The molecule has 1 aliphatic heterocycles. The zero-order chi connectivity index (χ0) is 21.9. The average molecular weight is 483 g/mol. The quantitative estimate of drug-likeness (QED) is 0.206. The number of hydrogen-bond donors (Lipinski definition) is 0. The molecule has 0 N–H and O–H groups in total. The van der Waals surface area contributed by atoms with Crippen LogP contribution in [0.5, 0.6) is 11.5 Å². The summed E-state index contributed by atoms with van der Waals surface area (Å²) in [6, 6.07) is 8.16. The SMILES string of the molecule is C=CCn1c(SCc2csc(-c3ccc4c(c3)OCO4)n2)nnc1-c1csc(CCC)c1. The van der Waals surface area contributed by atoms with Crippen LogP contribution in [0.1, 0.15) is 23.9 Å². The Labute approximate surface area is 199 Å². The van der Waals surface area contributed by atoms with Crippen molar-refractivity contribution in [2.75, 3.05) is 6.79 Å². The lowest BCUT2D eigenvalue weighted by Crippen LogP contribution is -2.00. The predicted octanol–water partition coefficient (Wildman–Crippen LogP) is 6.29. The van der Waals surface area contributed by atoms with Crippen LogP contribution in [0.25, 0.3) is 22.0 Å². The molecule has 1 aliphatic rings. The van der Waals surface area contributed by atoms with Crippen LogP contribution in [0.3, 0.4) is 0 Å². The number of thiazole rings is 1. The van der Waals surface area contributed by atoms with E-state index in [-0.39, 0.29) is 6.79 Å². The van der Waals surface area contributed by atoms with Gasteiger partial charge in [-0.1, -0.05) is 31.2 Å². The lowest BCUT2D eigenvalue weighted by atomic mass is 10.2. The Kier molecular flexibility index (Phi) is 6.29. The van der Waals surface area contributed by atoms with Gasteiger partial charge >= 0.3 is 0 Å². The standard InChI is InChI=1S/C23H22N4O2S3/c1-3-5-18-9-16(11-30-18)21-25-26-23(27(21)8-4-2)32-13-17-12-31-22(24-17)15-6-7-19-20(10-15)29-14-28-19/h4,6-7,9-12H,2-3,5,8,13-14H2,1H3. The third-order valence-corrected chi connectivity index (χ3v) is 7.89. The Bertz CT molecular complexity index is 1240. The summed E-state index contributed by atoms with van der Waals surface area (Å²) < 4.78 is 13.0. The van der Waals surface area contributed by atoms with Gasteiger partial charge in [0, 0.05) is 39.1 Å². The topological polar surface area (TPSA) is 62.1 Å². The zero-order valence-electron chi connectivity index (χ0n) is 17.6. The summed E-state index contributed by atoms with van der Waals surface area (Å²) in [6.45, 7) is 7.06. The van der Waals surface area contributed by atoms with Crippen molar-refractivity contribution in [1.29, 1.82) is 0 Å². The van der Waals surface area contributed by atoms with Crippen molar-refractivity contribution >= 4 is 34.4 Å². The van der Waals surface area contributed by atoms with Gasteiger partial charge in [-0.25, -0.2) is 4.98 Å². The molecule has 0 fully saturated rings. The number of ether oxygens (including phenoxy) is 2. The lowest BCUT2D eigenvalue weighted by Gasteiger charge is -2.06. The number of benzene rings is 1. The van der Waals surface area contributed by atoms with Crippen LogP contribution in [0.4, 0.5) is 0 Å². The van der Waals surface area contributed by atoms with E-state index >= 15 is 0 Å². The molecule has 4 heterocycles. The van der Waals surface area contributed by atoms with Crippen LogP contribution in [0.2, 0.25) is 0 Å². The number of thiophene rings is 1. The maximum absolute atomic E-state index is 5.49. The maximum atomic E-state index is 5.49. The van der Waals surface area contributed by atoms with E-state index in [4.69, 9.17) is 14.5 Å². The van der Waals surface area contributed by atoms with E-state index in [1.807, 2.05) is 24.3 Å². The monoisotopic (exact) mass is 482 g/mol. The van der Waals surface area contributed by atoms with Crippen LogP contribution >= 0.6 is 34.4 Å². The summed E-state index contributed by atoms with van der Waals surface area (Å²) in [6.07, 6.45) is 4.12. The molecule has 0 unspecified atom stereocenters. The first-order chi connectivity index (χ1) is 15.7. The Morgan fingerprint density at radius 1 is 1.12 bits per heavy atom. The highest BCUT2D eigenvalue weighted by Gasteiger charge is 2.17. The normalized spacial score (nSPS) is 12.4. The van der Waals surface area contributed by atoms with Crippen molar-refractivity contribution < 1.29 is 9.47 Å². The first kappa shape index (κ1) is 21.2. The van der Waals surface area contributed by atoms with E-state index in [1.165, 1.54) is 4.88 Å². The number of thioether (sulfide) groups is 1. The molecule has 0 aliphatic carbocycles. The second kappa shape index (κ2) is 9.48. The Morgan fingerprint density at radius 2 is 2.03 bits per heavy atom. The molecule has 164 valence electrons. The minimum absolute atomic E-state index is 0.275. The van der Waals surface area contributed by atoms with E-state index < -0.39 is 0 Å². The van der Waals surface area contributed by atoms with Gasteiger partial charge in [0.1, 0.15) is 5.01 Å². The molecule has 32 heavy (non-hydrogen) atoms. The number of nitrogens with zero attached hydrogens (tertiary/aromatic N) is 4. The van der Waals surface area contributed by atoms with Crippen molar-refractivity contribution in [2.45, 2.75) is 37.2 Å². The number of aromatic nitrogens is 4. The molecule has 0 spiro atoms. The highest BCUT2D eigenvalue weighted by Crippen LogP contribution is 2.37. The third-order valence-electron chi connectivity index (χ3n) is 4.96. The van der Waals surface area contributed by atoms with E-state index in [1.54, 1.807) is 34.4 Å². The van der Waals surface area contributed by atoms with Gasteiger partial charge < -0.3 is 9.47 Å². The molecule has 1 aromatic carbocycles. The minimum atomic E-state index is 0.275. The smallest absolute Gasteiger partial charge is 0.231 e. The van der Waals surface area contributed by atoms with Gasteiger partial charge in [0.05, 0.1) is 5.69 Å². The molecular weight excluding hydrogens is 460 g/mol. The van der Waals surface area contributed by atoms with Gasteiger partial charge in [0.25, 0.3) is 0 Å². The van der Waals surface area contributed by atoms with Gasteiger partial charge in [-0.05, 0) is 30.7 Å². The predicted molar refractivity (Wildman–Crippen MR) is 131 cm³/mol. The maximum Gasteiger partial charge on any atom is 0.231 e. The van der Waals surface area contributed by atoms with Gasteiger partial charge in [0.15, 0.2) is 22.5 Å². The summed E-state index contributed by atoms with van der Waals surface area (Å²) in [5.74, 6) is 3.17. The minimum Gasteiger partial charge on any atom is -0.454 e. The molecule has 0 radical (unpaired) electrons. The molecule has 9 heteroatoms. The highest BCUT2D eigenvalue weighted by molar-refractivity contribution is 7.98. The fraction of sp³-hybridized carbons (Fsp3) is 0.261. The molecule has 3 aromatic heterocycles. The summed E-state index contributed by atoms with van der Waals surface area (Å²) in [7, 11) is 0. The first-order valence-electron chi connectivity index (χ1n) is 10.3. The molecule has 0 bridgehead atoms. The molecule has 6 nitrogen and oxygen atoms in total. The number of hydrogen-bond acceptors (Lipinski definition) is 8. The average Bonchev–Trinajstić information content (AvgIpc) is 3.59. The fourth-order valence-electron chi connectivity index (χ4n) is 3.45. The molecule has 4 aromatic rings. The lowest BCUT2D eigenvalue weighted by molar-refractivity contribution is 0.174. The molecule has 0 amide bonds. The van der Waals surface area contributed by atoms with Gasteiger partial charge in [-0.15, -0.1) is 39.4 Å². The molecule has 5 rings (SSSR count). The summed E-state index contributed by atoms with van der Waals surface area (Å²) in [4.78, 5) is 6.19. The van der Waals surface area contributed by atoms with Crippen LogP contribution in [-0.4, -0.2) is 26.5 Å². The Morgan fingerprint density at radius 3 is 2.91 bits per heavy atom. The van der Waals surface area contributed by atoms with Crippen LogP contribution in [-0.2, 0) is 18.7 Å². The third kappa shape index (κ3) is 4.32. The number of fused-ring (bicyclic) bond motifs is 1. The second-order valence-electron chi connectivity index (χ2n) is 7.26. The van der Waals surface area contributed by atoms with Crippen molar-refractivity contribution in [3.8, 4) is 33.5 Å². The summed E-state index contributed by atoms with van der Waals surface area (Å²) >= 11 is 5.06. The molecular formula is C23H22N4O2S3. The fourth-order valence-corrected chi connectivity index (χ4v) is 6.18. The van der Waals surface area contributed by atoms with Gasteiger partial charge in [0.2, 0.25) is 6.79 Å². The molecule has 0 saturated heterocycles. The first-order valence-corrected chi connectivity index (χ1v) is 13.1. The van der Waals surface area contributed by atoms with E-state index in [2.05, 4.69) is 45.1 Å². The van der Waals surface area contributed by atoms with Crippen molar-refractivity contribution in [2.24, 2.45) is 0 Å². The van der Waals surface area contributed by atoms with Crippen molar-refractivity contribution in [3.05, 3.63) is 58.3 Å². The highest BCUT2D eigenvalue weighted by atomic mass is 32.2. The van der Waals surface area contributed by atoms with E-state index in [9.17, 15) is 0 Å². The number of rotatable bonds is 9. The molecule has 0 atom stereocenters. The summed E-state index contributed by atoms with van der Waals surface area (Å²) in [5.41, 5.74) is 3.18. The van der Waals surface area contributed by atoms with E-state index in [0.717, 1.165) is 62.9 Å². The van der Waals surface area contributed by atoms with Gasteiger partial charge in [-0.3, -0.25) is 4.57 Å². The largest absolute Gasteiger partial charge is 0.454 e. The van der Waals surface area contributed by atoms with Gasteiger partial charge in [-0.2, -0.15) is 0 Å². The second-order valence-corrected chi connectivity index (χ2v) is 10.1. The van der Waals surface area contributed by atoms with Crippen LogP contribution < -0.4 is 9.47 Å². The molecule has 0 saturated carbocycles. The number of allylic oxidation sites excluding steroid dienone is 1. The number of aryl methyl sites for hydroxylation is 1. The van der Waals surface area contributed by atoms with E-state index in [0.29, 0.717) is 6.54 Å². The summed E-state index contributed by atoms with van der Waals surface area (Å²) in [5, 5.41) is 15.1. The van der Waals surface area contributed by atoms with Crippen LogP contribution in [0.15, 0.2) is 52.8 Å². The van der Waals surface area contributed by atoms with Crippen LogP contribution in [0, 0.1) is 0 Å².